The van der Waals surface area contributed by atoms with Crippen molar-refractivity contribution in [2.45, 2.75) is 46.6 Å². The second kappa shape index (κ2) is 8.43. The van der Waals surface area contributed by atoms with Gasteiger partial charge in [0.2, 0.25) is 5.78 Å². The number of nitrogens with one attached hydrogen (secondary N) is 1. The fourth-order valence-electron chi connectivity index (χ4n) is 4.90. The summed E-state index contributed by atoms with van der Waals surface area (Å²) >= 11 is 0. The SMILES string of the molecule is Cc1cc(C(=O)COC(=O)c2ccc3[nH]c4c(c3c2)C[C@H](C)CC4)c(C)n1Cc1ccco1. The Kier molecular flexibility index (Phi) is 5.44. The summed E-state index contributed by atoms with van der Waals surface area (Å²) < 4.78 is 12.9. The molecule has 1 aromatic carbocycles. The zero-order valence-electron chi connectivity index (χ0n) is 19.2. The fourth-order valence-corrected chi connectivity index (χ4v) is 4.90. The Bertz CT molecular complexity index is 1340. The van der Waals surface area contributed by atoms with Crippen LogP contribution in [0.25, 0.3) is 10.9 Å². The maximum absolute atomic E-state index is 12.8. The monoisotopic (exact) mass is 444 g/mol. The van der Waals surface area contributed by atoms with Crippen molar-refractivity contribution in [3.63, 3.8) is 0 Å². The van der Waals surface area contributed by atoms with Crippen LogP contribution in [-0.4, -0.2) is 27.9 Å². The Morgan fingerprint density at radius 3 is 2.85 bits per heavy atom. The molecule has 4 aromatic rings. The number of esters is 1. The molecule has 6 heteroatoms. The minimum Gasteiger partial charge on any atom is -0.467 e. The van der Waals surface area contributed by atoms with E-state index in [2.05, 4.69) is 11.9 Å². The number of rotatable bonds is 6. The molecule has 0 unspecified atom stereocenters. The number of H-pyrrole nitrogens is 1. The lowest BCUT2D eigenvalue weighted by molar-refractivity contribution is 0.0474. The topological polar surface area (TPSA) is 77.2 Å². The molecule has 5 rings (SSSR count). The van der Waals surface area contributed by atoms with Gasteiger partial charge in [0.25, 0.3) is 0 Å². The van der Waals surface area contributed by atoms with Crippen LogP contribution in [-0.2, 0) is 24.1 Å². The van der Waals surface area contributed by atoms with Crippen molar-refractivity contribution in [1.29, 1.82) is 0 Å². The van der Waals surface area contributed by atoms with Gasteiger partial charge >= 0.3 is 5.97 Å². The second-order valence-corrected chi connectivity index (χ2v) is 9.14. The van der Waals surface area contributed by atoms with Crippen molar-refractivity contribution in [3.8, 4) is 0 Å². The zero-order chi connectivity index (χ0) is 23.1. The molecule has 1 N–H and O–H groups in total. The highest BCUT2D eigenvalue weighted by atomic mass is 16.5. The summed E-state index contributed by atoms with van der Waals surface area (Å²) in [5, 5.41) is 1.08. The van der Waals surface area contributed by atoms with Crippen molar-refractivity contribution in [2.24, 2.45) is 5.92 Å². The van der Waals surface area contributed by atoms with Crippen molar-refractivity contribution in [2.75, 3.05) is 6.61 Å². The Morgan fingerprint density at radius 1 is 1.21 bits per heavy atom. The van der Waals surface area contributed by atoms with Gasteiger partial charge in [-0.05, 0) is 81.0 Å². The van der Waals surface area contributed by atoms with E-state index in [1.807, 2.05) is 48.7 Å². The van der Waals surface area contributed by atoms with Gasteiger partial charge in [0.1, 0.15) is 5.76 Å². The largest absolute Gasteiger partial charge is 0.467 e. The standard InChI is InChI=1S/C27H28N2O4/c1-16-6-8-24-22(11-16)23-13-19(7-9-25(23)28-24)27(31)33-15-26(30)21-12-17(2)29(18(21)3)14-20-5-4-10-32-20/h4-5,7,9-10,12-13,16,28H,6,8,11,14-15H2,1-3H3/t16-/m1/s1. The first-order valence-corrected chi connectivity index (χ1v) is 11.4. The molecule has 0 aliphatic heterocycles. The Balaban J connectivity index is 1.30. The summed E-state index contributed by atoms with van der Waals surface area (Å²) in [6.45, 7) is 6.37. The van der Waals surface area contributed by atoms with Crippen LogP contribution >= 0.6 is 0 Å². The third-order valence-electron chi connectivity index (χ3n) is 6.77. The number of fused-ring (bicyclic) bond motifs is 3. The first-order chi connectivity index (χ1) is 15.9. The van der Waals surface area contributed by atoms with E-state index >= 15 is 0 Å². The molecule has 0 spiro atoms. The minimum absolute atomic E-state index is 0.212. The molecule has 1 aliphatic carbocycles. The number of aryl methyl sites for hydroxylation is 2. The number of benzene rings is 1. The van der Waals surface area contributed by atoms with E-state index in [9.17, 15) is 9.59 Å². The van der Waals surface area contributed by atoms with Crippen LogP contribution in [0.1, 0.15) is 62.5 Å². The molecule has 0 radical (unpaired) electrons. The number of aromatic nitrogens is 2. The number of ketones is 1. The maximum Gasteiger partial charge on any atom is 0.338 e. The molecule has 0 bridgehead atoms. The number of aromatic amines is 1. The Morgan fingerprint density at radius 2 is 2.06 bits per heavy atom. The highest BCUT2D eigenvalue weighted by Crippen LogP contribution is 2.32. The number of furan rings is 1. The maximum atomic E-state index is 12.8. The van der Waals surface area contributed by atoms with Crippen LogP contribution in [0.2, 0.25) is 0 Å². The van der Waals surface area contributed by atoms with Crippen molar-refractivity contribution >= 4 is 22.7 Å². The number of ether oxygens (including phenoxy) is 1. The van der Waals surface area contributed by atoms with Gasteiger partial charge in [-0.3, -0.25) is 4.79 Å². The van der Waals surface area contributed by atoms with Gasteiger partial charge in [0, 0.05) is 33.5 Å². The molecule has 0 fully saturated rings. The number of hydrogen-bond donors (Lipinski definition) is 1. The molecule has 170 valence electrons. The predicted molar refractivity (Wildman–Crippen MR) is 126 cm³/mol. The van der Waals surface area contributed by atoms with E-state index < -0.39 is 5.97 Å². The Hall–Kier alpha value is -3.54. The van der Waals surface area contributed by atoms with E-state index in [1.54, 1.807) is 12.3 Å². The molecule has 3 heterocycles. The van der Waals surface area contributed by atoms with Crippen molar-refractivity contribution in [3.05, 3.63) is 82.2 Å². The van der Waals surface area contributed by atoms with Gasteiger partial charge in [-0.1, -0.05) is 6.92 Å². The van der Waals surface area contributed by atoms with Crippen LogP contribution in [0, 0.1) is 19.8 Å². The van der Waals surface area contributed by atoms with Crippen molar-refractivity contribution < 1.29 is 18.7 Å². The third kappa shape index (κ3) is 4.01. The summed E-state index contributed by atoms with van der Waals surface area (Å²) in [6.07, 6.45) is 4.87. The van der Waals surface area contributed by atoms with E-state index in [4.69, 9.17) is 9.15 Å². The van der Waals surface area contributed by atoms with Crippen LogP contribution < -0.4 is 0 Å². The van der Waals surface area contributed by atoms with Gasteiger partial charge in [-0.25, -0.2) is 4.79 Å². The number of hydrogen-bond acceptors (Lipinski definition) is 4. The second-order valence-electron chi connectivity index (χ2n) is 9.14. The quantitative estimate of drug-likeness (QED) is 0.319. The van der Waals surface area contributed by atoms with Gasteiger partial charge in [0.05, 0.1) is 18.4 Å². The van der Waals surface area contributed by atoms with Crippen molar-refractivity contribution in [1.82, 2.24) is 9.55 Å². The average molecular weight is 445 g/mol. The lowest BCUT2D eigenvalue weighted by Crippen LogP contribution is -2.15. The lowest BCUT2D eigenvalue weighted by atomic mass is 9.87. The predicted octanol–water partition coefficient (Wildman–Crippen LogP) is 5.39. The van der Waals surface area contributed by atoms with Gasteiger partial charge < -0.3 is 18.7 Å². The average Bonchev–Trinajstić information content (AvgIpc) is 3.51. The lowest BCUT2D eigenvalue weighted by Gasteiger charge is -2.18. The minimum atomic E-state index is -0.478. The number of carbonyl (C=O) groups is 2. The highest BCUT2D eigenvalue weighted by Gasteiger charge is 2.22. The number of nitrogens with zero attached hydrogens (tertiary/aromatic N) is 1. The summed E-state index contributed by atoms with van der Waals surface area (Å²) in [6, 6.07) is 11.2. The summed E-state index contributed by atoms with van der Waals surface area (Å²) in [4.78, 5) is 29.1. The molecular formula is C27H28N2O4. The molecule has 0 saturated carbocycles. The molecule has 1 atom stereocenters. The fraction of sp³-hybridized carbons (Fsp3) is 0.333. The summed E-state index contributed by atoms with van der Waals surface area (Å²) in [7, 11) is 0. The van der Waals surface area contributed by atoms with Gasteiger partial charge in [0.15, 0.2) is 6.61 Å². The summed E-state index contributed by atoms with van der Waals surface area (Å²) in [5.41, 5.74) is 6.45. The van der Waals surface area contributed by atoms with Crippen LogP contribution in [0.3, 0.4) is 0 Å². The number of Topliss-reactive ketones (excluding diaryl/α,β-unsaturated/α-hetero) is 1. The molecular weight excluding hydrogens is 416 g/mol. The van der Waals surface area contributed by atoms with Crippen LogP contribution in [0.4, 0.5) is 0 Å². The van der Waals surface area contributed by atoms with Crippen LogP contribution in [0.15, 0.2) is 47.1 Å². The van der Waals surface area contributed by atoms with Crippen LogP contribution in [0.5, 0.6) is 0 Å². The van der Waals surface area contributed by atoms with E-state index in [0.717, 1.165) is 40.9 Å². The molecule has 1 aliphatic rings. The highest BCUT2D eigenvalue weighted by molar-refractivity contribution is 6.01. The molecule has 3 aromatic heterocycles. The third-order valence-corrected chi connectivity index (χ3v) is 6.77. The van der Waals surface area contributed by atoms with Gasteiger partial charge in [-0.15, -0.1) is 0 Å². The summed E-state index contributed by atoms with van der Waals surface area (Å²) in [5.74, 6) is 0.764. The van der Waals surface area contributed by atoms with E-state index in [0.29, 0.717) is 23.6 Å². The Labute approximate surface area is 192 Å². The zero-order valence-corrected chi connectivity index (χ0v) is 19.2. The van der Waals surface area contributed by atoms with Gasteiger partial charge in [-0.2, -0.15) is 0 Å². The first kappa shape index (κ1) is 21.3. The normalized spacial score (nSPS) is 15.5. The smallest absolute Gasteiger partial charge is 0.338 e. The first-order valence-electron chi connectivity index (χ1n) is 11.4. The van der Waals surface area contributed by atoms with E-state index in [1.165, 1.54) is 17.7 Å². The molecule has 0 amide bonds. The number of carbonyl (C=O) groups excluding carboxylic acids is 2. The van der Waals surface area contributed by atoms with E-state index in [-0.39, 0.29) is 12.4 Å². The molecule has 0 saturated heterocycles. The molecule has 33 heavy (non-hydrogen) atoms. The molecule has 6 nitrogen and oxygen atoms in total.